The van der Waals surface area contributed by atoms with Crippen molar-refractivity contribution in [2.24, 2.45) is 0 Å². The van der Waals surface area contributed by atoms with Crippen LogP contribution in [0.5, 0.6) is 0 Å². The Balaban J connectivity index is 1.71. The summed E-state index contributed by atoms with van der Waals surface area (Å²) in [4.78, 5) is 40.5. The molecule has 34 heavy (non-hydrogen) atoms. The molecule has 1 amide bonds. The summed E-state index contributed by atoms with van der Waals surface area (Å²) in [7, 11) is -3.85. The first-order chi connectivity index (χ1) is 16.1. The van der Waals surface area contributed by atoms with Crippen molar-refractivity contribution in [2.75, 3.05) is 4.72 Å². The van der Waals surface area contributed by atoms with E-state index in [1.165, 1.54) is 17.0 Å². The first kappa shape index (κ1) is 24.7. The number of amides is 1. The molecule has 11 nitrogen and oxygen atoms in total. The number of rotatable bonds is 10. The summed E-state index contributed by atoms with van der Waals surface area (Å²) >= 11 is 0. The number of carbonyl (C=O) groups is 2. The molecule has 0 aliphatic heterocycles. The number of carboxylic acids is 1. The van der Waals surface area contributed by atoms with Crippen molar-refractivity contribution < 1.29 is 23.1 Å². The van der Waals surface area contributed by atoms with E-state index in [-0.39, 0.29) is 31.1 Å². The van der Waals surface area contributed by atoms with Crippen LogP contribution in [0.15, 0.2) is 53.6 Å². The molecule has 3 N–H and O–H groups in total. The van der Waals surface area contributed by atoms with Crippen LogP contribution in [0.2, 0.25) is 0 Å². The first-order valence-electron chi connectivity index (χ1n) is 10.3. The number of hydrogen-bond donors (Lipinski definition) is 3. The van der Waals surface area contributed by atoms with Crippen LogP contribution in [-0.4, -0.2) is 39.5 Å². The Morgan fingerprint density at radius 1 is 1.06 bits per heavy atom. The van der Waals surface area contributed by atoms with Gasteiger partial charge in [-0.1, -0.05) is 30.3 Å². The molecular weight excluding hydrogens is 462 g/mol. The lowest BCUT2D eigenvalue weighted by atomic mass is 10.2. The Bertz CT molecular complexity index is 1360. The highest BCUT2D eigenvalue weighted by Gasteiger charge is 2.17. The molecule has 3 rings (SSSR count). The van der Waals surface area contributed by atoms with E-state index in [2.05, 4.69) is 15.0 Å². The zero-order valence-electron chi connectivity index (χ0n) is 18.7. The molecule has 1 aromatic carbocycles. The maximum absolute atomic E-state index is 12.9. The number of sulfonamides is 1. The number of aromatic nitrogens is 3. The van der Waals surface area contributed by atoms with Gasteiger partial charge in [-0.15, -0.1) is 0 Å². The SMILES string of the molecule is Cc1ncn(CC(=O)O)c1CNC(=O)Cn1c(C)ccc(NS(=O)(=O)Cc2ccccc2)c1=O. The second-order valence-electron chi connectivity index (χ2n) is 7.70. The van der Waals surface area contributed by atoms with Gasteiger partial charge in [-0.25, -0.2) is 13.4 Å². The third kappa shape index (κ3) is 6.32. The summed E-state index contributed by atoms with van der Waals surface area (Å²) in [5, 5.41) is 11.7. The molecular formula is C22H25N5O6S. The van der Waals surface area contributed by atoms with Crippen molar-refractivity contribution in [3.63, 3.8) is 0 Å². The fraction of sp³-hybridized carbons (Fsp3) is 0.273. The van der Waals surface area contributed by atoms with Crippen LogP contribution >= 0.6 is 0 Å². The summed E-state index contributed by atoms with van der Waals surface area (Å²) in [6.07, 6.45) is 1.38. The quantitative estimate of drug-likeness (QED) is 0.386. The van der Waals surface area contributed by atoms with E-state index >= 15 is 0 Å². The molecule has 0 aliphatic rings. The number of nitrogens with zero attached hydrogens (tertiary/aromatic N) is 3. The molecule has 2 heterocycles. The van der Waals surface area contributed by atoms with Gasteiger partial charge in [0.25, 0.3) is 5.56 Å². The van der Waals surface area contributed by atoms with Crippen LogP contribution in [0, 0.1) is 13.8 Å². The lowest BCUT2D eigenvalue weighted by Gasteiger charge is -2.14. The van der Waals surface area contributed by atoms with Crippen LogP contribution in [0.25, 0.3) is 0 Å². The van der Waals surface area contributed by atoms with E-state index in [1.807, 2.05) is 0 Å². The third-order valence-corrected chi connectivity index (χ3v) is 6.32. The van der Waals surface area contributed by atoms with Gasteiger partial charge in [0.1, 0.15) is 18.8 Å². The Morgan fingerprint density at radius 2 is 1.76 bits per heavy atom. The zero-order chi connectivity index (χ0) is 24.9. The number of pyridine rings is 1. The number of aryl methyl sites for hydroxylation is 2. The molecule has 12 heteroatoms. The van der Waals surface area contributed by atoms with Gasteiger partial charge in [-0.05, 0) is 31.5 Å². The van der Waals surface area contributed by atoms with E-state index in [9.17, 15) is 22.8 Å². The van der Waals surface area contributed by atoms with E-state index in [4.69, 9.17) is 5.11 Å². The zero-order valence-corrected chi connectivity index (χ0v) is 19.5. The Kier molecular flexibility index (Phi) is 7.51. The second-order valence-corrected chi connectivity index (χ2v) is 9.42. The number of carbonyl (C=O) groups excluding carboxylic acids is 1. The summed E-state index contributed by atoms with van der Waals surface area (Å²) in [6, 6.07) is 11.5. The molecule has 0 bridgehead atoms. The van der Waals surface area contributed by atoms with E-state index in [0.717, 1.165) is 4.57 Å². The van der Waals surface area contributed by atoms with Crippen LogP contribution in [0.3, 0.4) is 0 Å². The largest absolute Gasteiger partial charge is 0.480 e. The van der Waals surface area contributed by atoms with Crippen LogP contribution in [-0.2, 0) is 45.0 Å². The summed E-state index contributed by atoms with van der Waals surface area (Å²) in [6.45, 7) is 2.71. The number of aliphatic carboxylic acids is 1. The topological polar surface area (TPSA) is 152 Å². The number of anilines is 1. The molecule has 0 unspecified atom stereocenters. The minimum absolute atomic E-state index is 0.0230. The van der Waals surface area contributed by atoms with Gasteiger partial charge < -0.3 is 19.6 Å². The minimum Gasteiger partial charge on any atom is -0.480 e. The van der Waals surface area contributed by atoms with Crippen LogP contribution < -0.4 is 15.6 Å². The molecule has 0 saturated heterocycles. The predicted molar refractivity (Wildman–Crippen MR) is 125 cm³/mol. The van der Waals surface area contributed by atoms with Crippen molar-refractivity contribution in [2.45, 2.75) is 39.2 Å². The standard InChI is InChI=1S/C22H25N5O6S/c1-15-8-9-18(25-34(32,33)13-17-6-4-3-5-7-17)22(31)27(15)11-20(28)23-10-19-16(2)24-14-26(19)12-21(29)30/h3-9,14,25H,10-13H2,1-2H3,(H,23,28)(H,29,30). The molecule has 0 spiro atoms. The average Bonchev–Trinajstić information content (AvgIpc) is 3.10. The summed E-state index contributed by atoms with van der Waals surface area (Å²) in [5.41, 5.74) is 1.33. The fourth-order valence-electron chi connectivity index (χ4n) is 3.34. The van der Waals surface area contributed by atoms with Crippen molar-refractivity contribution in [1.82, 2.24) is 19.4 Å². The van der Waals surface area contributed by atoms with Gasteiger partial charge in [0, 0.05) is 5.69 Å². The summed E-state index contributed by atoms with van der Waals surface area (Å²) < 4.78 is 29.9. The number of hydrogen-bond acceptors (Lipinski definition) is 6. The number of carboxylic acid groups (broad SMARTS) is 1. The van der Waals surface area contributed by atoms with Crippen molar-refractivity contribution in [1.29, 1.82) is 0 Å². The van der Waals surface area contributed by atoms with Crippen molar-refractivity contribution in [3.8, 4) is 0 Å². The fourth-order valence-corrected chi connectivity index (χ4v) is 4.54. The predicted octanol–water partition coefficient (Wildman–Crippen LogP) is 1.00. The van der Waals surface area contributed by atoms with Gasteiger partial charge in [0.2, 0.25) is 15.9 Å². The lowest BCUT2D eigenvalue weighted by Crippen LogP contribution is -2.35. The van der Waals surface area contributed by atoms with Crippen LogP contribution in [0.4, 0.5) is 5.69 Å². The number of nitrogens with one attached hydrogen (secondary N) is 2. The third-order valence-electron chi connectivity index (χ3n) is 5.07. The normalized spacial score (nSPS) is 11.2. The smallest absolute Gasteiger partial charge is 0.323 e. The molecule has 0 saturated carbocycles. The van der Waals surface area contributed by atoms with E-state index in [1.54, 1.807) is 50.2 Å². The number of imidazole rings is 1. The monoisotopic (exact) mass is 487 g/mol. The van der Waals surface area contributed by atoms with Crippen molar-refractivity contribution in [3.05, 3.63) is 81.8 Å². The molecule has 0 fully saturated rings. The van der Waals surface area contributed by atoms with Gasteiger partial charge in [-0.2, -0.15) is 0 Å². The minimum atomic E-state index is -3.85. The maximum atomic E-state index is 12.9. The lowest BCUT2D eigenvalue weighted by molar-refractivity contribution is -0.137. The Labute approximate surface area is 196 Å². The van der Waals surface area contributed by atoms with E-state index < -0.39 is 27.5 Å². The van der Waals surface area contributed by atoms with Gasteiger partial charge in [0.05, 0.1) is 30.0 Å². The van der Waals surface area contributed by atoms with Gasteiger partial charge in [0.15, 0.2) is 0 Å². The average molecular weight is 488 g/mol. The first-order valence-corrected chi connectivity index (χ1v) is 11.9. The molecule has 0 aliphatic carbocycles. The van der Waals surface area contributed by atoms with E-state index in [0.29, 0.717) is 22.6 Å². The summed E-state index contributed by atoms with van der Waals surface area (Å²) in [5.74, 6) is -1.85. The highest BCUT2D eigenvalue weighted by molar-refractivity contribution is 7.91. The molecule has 3 aromatic rings. The highest BCUT2D eigenvalue weighted by Crippen LogP contribution is 2.11. The van der Waals surface area contributed by atoms with Gasteiger partial charge >= 0.3 is 5.97 Å². The maximum Gasteiger partial charge on any atom is 0.323 e. The van der Waals surface area contributed by atoms with Crippen molar-refractivity contribution >= 4 is 27.6 Å². The molecule has 180 valence electrons. The molecule has 2 aromatic heterocycles. The van der Waals surface area contributed by atoms with Crippen LogP contribution in [0.1, 0.15) is 22.6 Å². The number of benzene rings is 1. The highest BCUT2D eigenvalue weighted by atomic mass is 32.2. The van der Waals surface area contributed by atoms with Gasteiger partial charge in [-0.3, -0.25) is 19.1 Å². The Hall–Kier alpha value is -3.93. The molecule has 0 atom stereocenters. The second kappa shape index (κ2) is 10.3. The molecule has 0 radical (unpaired) electrons. The Morgan fingerprint density at radius 3 is 2.44 bits per heavy atom.